The van der Waals surface area contributed by atoms with Crippen LogP contribution in [0.15, 0.2) is 36.4 Å². The average molecular weight is 281 g/mol. The van der Waals surface area contributed by atoms with Crippen molar-refractivity contribution < 1.29 is 15.2 Å². The molecule has 0 fully saturated rings. The Balaban J connectivity index is 1.96. The van der Waals surface area contributed by atoms with Crippen LogP contribution in [0.3, 0.4) is 0 Å². The lowest BCUT2D eigenvalue weighted by Crippen LogP contribution is -2.87. The number of hydrogen-bond acceptors (Lipinski definition) is 2. The summed E-state index contributed by atoms with van der Waals surface area (Å²) >= 11 is 6.33. The lowest BCUT2D eigenvalue weighted by atomic mass is 10.1. The first kappa shape index (κ1) is 14.1. The second kappa shape index (κ2) is 6.75. The van der Waals surface area contributed by atoms with Gasteiger partial charge in [0.2, 0.25) is 0 Å². The quantitative estimate of drug-likeness (QED) is 0.793. The molecule has 3 nitrogen and oxygen atoms in total. The molecule has 0 aromatic heterocycles. The van der Waals surface area contributed by atoms with E-state index in [0.29, 0.717) is 23.9 Å². The molecule has 0 radical (unpaired) electrons. The first-order chi connectivity index (χ1) is 9.18. The van der Waals surface area contributed by atoms with Crippen molar-refractivity contribution in [2.75, 3.05) is 19.7 Å². The molecule has 0 aliphatic rings. The van der Waals surface area contributed by atoms with E-state index in [4.69, 9.17) is 21.4 Å². The van der Waals surface area contributed by atoms with Gasteiger partial charge >= 0.3 is 0 Å². The van der Waals surface area contributed by atoms with Crippen LogP contribution in [-0.4, -0.2) is 30.9 Å². The Morgan fingerprint density at radius 3 is 2.84 bits per heavy atom. The van der Waals surface area contributed by atoms with Gasteiger partial charge in [0.1, 0.15) is 25.4 Å². The molecule has 2 aromatic carbocycles. The lowest BCUT2D eigenvalue weighted by molar-refractivity contribution is -0.661. The summed E-state index contributed by atoms with van der Waals surface area (Å²) in [5.74, 6) is 0.714. The van der Waals surface area contributed by atoms with Crippen LogP contribution in [0.2, 0.25) is 5.02 Å². The highest BCUT2D eigenvalue weighted by Crippen LogP contribution is 2.32. The predicted octanol–water partition coefficient (Wildman–Crippen LogP) is 1.82. The number of aliphatic hydroxyl groups is 1. The zero-order chi connectivity index (χ0) is 13.7. The highest BCUT2D eigenvalue weighted by molar-refractivity contribution is 6.37. The van der Waals surface area contributed by atoms with Gasteiger partial charge in [0.05, 0.1) is 11.1 Å². The smallest absolute Gasteiger partial charge is 0.138 e. The first-order valence-corrected chi connectivity index (χ1v) is 6.86. The summed E-state index contributed by atoms with van der Waals surface area (Å²) < 4.78 is 5.68. The van der Waals surface area contributed by atoms with E-state index in [-0.39, 0.29) is 6.10 Å². The van der Waals surface area contributed by atoms with Gasteiger partial charge in [0.25, 0.3) is 0 Å². The van der Waals surface area contributed by atoms with Gasteiger partial charge in [-0.3, -0.25) is 0 Å². The number of hydrogen-bond donors (Lipinski definition) is 2. The summed E-state index contributed by atoms with van der Waals surface area (Å²) in [6.45, 7) is 3.84. The lowest BCUT2D eigenvalue weighted by Gasteiger charge is -2.10. The molecule has 102 valence electrons. The highest BCUT2D eigenvalue weighted by atomic mass is 35.5. The Kier molecular flexibility index (Phi) is 5.02. The number of nitrogens with two attached hydrogens (primary N) is 1. The maximum atomic E-state index is 9.14. The number of rotatable bonds is 6. The summed E-state index contributed by atoms with van der Waals surface area (Å²) in [6, 6.07) is 11.9. The van der Waals surface area contributed by atoms with Crippen LogP contribution in [0.1, 0.15) is 6.92 Å². The summed E-state index contributed by atoms with van der Waals surface area (Å²) in [6.07, 6.45) is -0.288. The van der Waals surface area contributed by atoms with Gasteiger partial charge < -0.3 is 15.2 Å². The molecule has 0 amide bonds. The second-order valence-corrected chi connectivity index (χ2v) is 4.99. The van der Waals surface area contributed by atoms with Crippen molar-refractivity contribution in [2.45, 2.75) is 13.0 Å². The monoisotopic (exact) mass is 280 g/mol. The Morgan fingerprint density at radius 2 is 2.05 bits per heavy atom. The van der Waals surface area contributed by atoms with E-state index >= 15 is 0 Å². The largest absolute Gasteiger partial charge is 0.486 e. The summed E-state index contributed by atoms with van der Waals surface area (Å²) in [5.41, 5.74) is 0. The predicted molar refractivity (Wildman–Crippen MR) is 77.8 cm³/mol. The third-order valence-electron chi connectivity index (χ3n) is 2.92. The molecule has 0 bridgehead atoms. The number of fused-ring (bicyclic) bond motifs is 1. The van der Waals surface area contributed by atoms with Gasteiger partial charge in [0.15, 0.2) is 0 Å². The molecule has 3 N–H and O–H groups in total. The molecule has 2 aromatic rings. The van der Waals surface area contributed by atoms with Crippen molar-refractivity contribution in [3.8, 4) is 5.75 Å². The molecule has 0 aliphatic carbocycles. The fourth-order valence-electron chi connectivity index (χ4n) is 1.94. The Morgan fingerprint density at radius 1 is 1.26 bits per heavy atom. The zero-order valence-electron chi connectivity index (χ0n) is 11.0. The van der Waals surface area contributed by atoms with Gasteiger partial charge in [0, 0.05) is 5.39 Å². The molecule has 0 aliphatic heterocycles. The number of ether oxygens (including phenoxy) is 1. The Hall–Kier alpha value is -1.29. The van der Waals surface area contributed by atoms with Gasteiger partial charge in [-0.1, -0.05) is 41.9 Å². The molecule has 0 saturated heterocycles. The average Bonchev–Trinajstić information content (AvgIpc) is 2.41. The molecule has 1 atom stereocenters. The minimum absolute atomic E-state index is 0.288. The van der Waals surface area contributed by atoms with E-state index in [2.05, 4.69) is 0 Å². The van der Waals surface area contributed by atoms with E-state index in [9.17, 15) is 0 Å². The van der Waals surface area contributed by atoms with Gasteiger partial charge in [-0.05, 0) is 18.4 Å². The van der Waals surface area contributed by atoms with Crippen molar-refractivity contribution >= 4 is 22.4 Å². The van der Waals surface area contributed by atoms with Gasteiger partial charge in [-0.25, -0.2) is 0 Å². The van der Waals surface area contributed by atoms with Crippen LogP contribution in [0.5, 0.6) is 5.75 Å². The van der Waals surface area contributed by atoms with Crippen LogP contribution >= 0.6 is 11.6 Å². The van der Waals surface area contributed by atoms with Crippen molar-refractivity contribution in [3.63, 3.8) is 0 Å². The summed E-state index contributed by atoms with van der Waals surface area (Å²) in [7, 11) is 0. The maximum absolute atomic E-state index is 9.14. The number of aliphatic hydroxyl groups excluding tert-OH is 1. The molecule has 4 heteroatoms. The molecular weight excluding hydrogens is 262 g/mol. The topological polar surface area (TPSA) is 46.1 Å². The van der Waals surface area contributed by atoms with Gasteiger partial charge in [-0.15, -0.1) is 0 Å². The van der Waals surface area contributed by atoms with Crippen LogP contribution in [-0.2, 0) is 0 Å². The molecule has 0 spiro atoms. The fourth-order valence-corrected chi connectivity index (χ4v) is 2.23. The SMILES string of the molecule is C[C@@H](O)C[NH2+]CCOc1ccc2ccccc2c1Cl. The summed E-state index contributed by atoms with van der Waals surface area (Å²) in [5, 5.41) is 13.9. The molecule has 0 unspecified atom stereocenters. The van der Waals surface area contributed by atoms with E-state index in [1.807, 2.05) is 41.7 Å². The molecular formula is C15H19ClNO2+. The van der Waals surface area contributed by atoms with Crippen LogP contribution in [0, 0.1) is 0 Å². The van der Waals surface area contributed by atoms with Gasteiger partial charge in [-0.2, -0.15) is 0 Å². The van der Waals surface area contributed by atoms with Crippen molar-refractivity contribution in [3.05, 3.63) is 41.4 Å². The molecule has 0 saturated carbocycles. The highest BCUT2D eigenvalue weighted by Gasteiger charge is 2.06. The maximum Gasteiger partial charge on any atom is 0.138 e. The third kappa shape index (κ3) is 3.83. The third-order valence-corrected chi connectivity index (χ3v) is 3.31. The van der Waals surface area contributed by atoms with E-state index in [1.54, 1.807) is 6.92 Å². The van der Waals surface area contributed by atoms with Crippen molar-refractivity contribution in [1.29, 1.82) is 0 Å². The van der Waals surface area contributed by atoms with Crippen molar-refractivity contribution in [1.82, 2.24) is 0 Å². The normalized spacial score (nSPS) is 12.6. The van der Waals surface area contributed by atoms with E-state index < -0.39 is 0 Å². The molecule has 19 heavy (non-hydrogen) atoms. The first-order valence-electron chi connectivity index (χ1n) is 6.48. The molecule has 0 heterocycles. The minimum Gasteiger partial charge on any atom is -0.486 e. The Bertz CT molecular complexity index is 543. The fraction of sp³-hybridized carbons (Fsp3) is 0.333. The van der Waals surface area contributed by atoms with Crippen LogP contribution < -0.4 is 10.1 Å². The number of quaternary nitrogens is 1. The minimum atomic E-state index is -0.288. The zero-order valence-corrected chi connectivity index (χ0v) is 11.7. The second-order valence-electron chi connectivity index (χ2n) is 4.61. The Labute approximate surface area is 118 Å². The van der Waals surface area contributed by atoms with E-state index in [0.717, 1.165) is 17.3 Å². The van der Waals surface area contributed by atoms with Crippen LogP contribution in [0.4, 0.5) is 0 Å². The van der Waals surface area contributed by atoms with Crippen LogP contribution in [0.25, 0.3) is 10.8 Å². The summed E-state index contributed by atoms with van der Waals surface area (Å²) in [4.78, 5) is 0. The van der Waals surface area contributed by atoms with E-state index in [1.165, 1.54) is 0 Å². The number of benzene rings is 2. The standard InChI is InChI=1S/C15H18ClNO2/c1-11(18)10-17-8-9-19-14-7-6-12-4-2-3-5-13(12)15(14)16/h2-7,11,17-18H,8-10H2,1H3/p+1/t11-/m1/s1. The number of halogens is 1. The molecule has 2 rings (SSSR count). The van der Waals surface area contributed by atoms with Crippen molar-refractivity contribution in [2.24, 2.45) is 0 Å².